The number of benzene rings is 2. The van der Waals surface area contributed by atoms with Crippen molar-refractivity contribution in [1.82, 2.24) is 9.21 Å². The summed E-state index contributed by atoms with van der Waals surface area (Å²) in [5, 5.41) is 0. The van der Waals surface area contributed by atoms with E-state index in [-0.39, 0.29) is 4.90 Å². The summed E-state index contributed by atoms with van der Waals surface area (Å²) in [5.74, 6) is 1.68. The van der Waals surface area contributed by atoms with Gasteiger partial charge in [0, 0.05) is 38.8 Å². The fourth-order valence-corrected chi connectivity index (χ4v) is 4.91. The summed E-state index contributed by atoms with van der Waals surface area (Å²) >= 11 is 0. The van der Waals surface area contributed by atoms with Crippen molar-refractivity contribution in [3.63, 3.8) is 0 Å². The van der Waals surface area contributed by atoms with E-state index in [9.17, 15) is 8.42 Å². The van der Waals surface area contributed by atoms with E-state index in [0.717, 1.165) is 18.7 Å². The summed E-state index contributed by atoms with van der Waals surface area (Å²) in [6.45, 7) is 3.80. The zero-order chi connectivity index (χ0) is 20.7. The van der Waals surface area contributed by atoms with E-state index >= 15 is 0 Å². The molecule has 2 aromatic carbocycles. The first-order valence-corrected chi connectivity index (χ1v) is 11.1. The Morgan fingerprint density at radius 3 is 2.28 bits per heavy atom. The number of nitrogens with zero attached hydrogens (tertiary/aromatic N) is 2. The number of ether oxygens (including phenoxy) is 3. The molecule has 1 aliphatic heterocycles. The molecule has 0 radical (unpaired) electrons. The molecule has 2 aromatic rings. The highest BCUT2D eigenvalue weighted by Crippen LogP contribution is 2.31. The Kier molecular flexibility index (Phi) is 7.35. The number of hydrogen-bond donors (Lipinski definition) is 0. The van der Waals surface area contributed by atoms with Crippen LogP contribution in [0.25, 0.3) is 0 Å². The Labute approximate surface area is 172 Å². The standard InChI is InChI=1S/C21H28N2O5S/c1-26-19-9-10-20(27-2)21(17-19)29(24,25)23-14-12-22(13-15-23)11-6-16-28-18-7-4-3-5-8-18/h3-5,7-10,17H,6,11-16H2,1-2H3. The van der Waals surface area contributed by atoms with E-state index < -0.39 is 10.0 Å². The molecule has 7 nitrogen and oxygen atoms in total. The highest BCUT2D eigenvalue weighted by Gasteiger charge is 2.31. The Morgan fingerprint density at radius 1 is 0.897 bits per heavy atom. The van der Waals surface area contributed by atoms with Gasteiger partial charge in [0.05, 0.1) is 20.8 Å². The van der Waals surface area contributed by atoms with Crippen molar-refractivity contribution in [2.45, 2.75) is 11.3 Å². The number of rotatable bonds is 9. The lowest BCUT2D eigenvalue weighted by atomic mass is 10.3. The SMILES string of the molecule is COc1ccc(OC)c(S(=O)(=O)N2CCN(CCCOc3ccccc3)CC2)c1. The molecule has 0 aromatic heterocycles. The molecule has 3 rings (SSSR count). The predicted molar refractivity (Wildman–Crippen MR) is 111 cm³/mol. The van der Waals surface area contributed by atoms with E-state index in [4.69, 9.17) is 14.2 Å². The molecule has 0 saturated carbocycles. The van der Waals surface area contributed by atoms with Crippen LogP contribution >= 0.6 is 0 Å². The molecule has 0 atom stereocenters. The van der Waals surface area contributed by atoms with Crippen molar-refractivity contribution in [2.75, 3.05) is 53.6 Å². The van der Waals surface area contributed by atoms with Crippen LogP contribution in [0.1, 0.15) is 6.42 Å². The second-order valence-electron chi connectivity index (χ2n) is 6.78. The lowest BCUT2D eigenvalue weighted by molar-refractivity contribution is 0.174. The maximum Gasteiger partial charge on any atom is 0.246 e. The van der Waals surface area contributed by atoms with E-state index in [1.54, 1.807) is 12.1 Å². The molecule has 8 heteroatoms. The van der Waals surface area contributed by atoms with E-state index in [2.05, 4.69) is 4.90 Å². The van der Waals surface area contributed by atoms with Gasteiger partial charge in [0.1, 0.15) is 22.1 Å². The molecule has 0 spiro atoms. The number of piperazine rings is 1. The molecule has 0 N–H and O–H groups in total. The molecule has 158 valence electrons. The first kappa shape index (κ1) is 21.4. The molecule has 0 bridgehead atoms. The van der Waals surface area contributed by atoms with Gasteiger partial charge in [0.2, 0.25) is 10.0 Å². The van der Waals surface area contributed by atoms with Gasteiger partial charge >= 0.3 is 0 Å². The van der Waals surface area contributed by atoms with Gasteiger partial charge in [-0.2, -0.15) is 4.31 Å². The zero-order valence-electron chi connectivity index (χ0n) is 16.9. The van der Waals surface area contributed by atoms with Crippen molar-refractivity contribution >= 4 is 10.0 Å². The Balaban J connectivity index is 1.52. The van der Waals surface area contributed by atoms with Gasteiger partial charge in [-0.15, -0.1) is 0 Å². The summed E-state index contributed by atoms with van der Waals surface area (Å²) < 4.78 is 43.9. The minimum atomic E-state index is -3.65. The topological polar surface area (TPSA) is 68.3 Å². The highest BCUT2D eigenvalue weighted by molar-refractivity contribution is 7.89. The summed E-state index contributed by atoms with van der Waals surface area (Å²) in [7, 11) is -0.664. The minimum absolute atomic E-state index is 0.143. The minimum Gasteiger partial charge on any atom is -0.497 e. The van der Waals surface area contributed by atoms with Gasteiger partial charge in [0.15, 0.2) is 0 Å². The van der Waals surface area contributed by atoms with Crippen LogP contribution in [0.4, 0.5) is 0 Å². The number of methoxy groups -OCH3 is 2. The van der Waals surface area contributed by atoms with Crippen molar-refractivity contribution in [3.05, 3.63) is 48.5 Å². The van der Waals surface area contributed by atoms with Crippen LogP contribution in [0.2, 0.25) is 0 Å². The Hall–Kier alpha value is -2.29. The molecule has 0 amide bonds. The summed E-state index contributed by atoms with van der Waals surface area (Å²) in [6.07, 6.45) is 0.894. The molecule has 1 heterocycles. The number of para-hydroxylation sites is 1. The quantitative estimate of drug-likeness (QED) is 0.581. The van der Waals surface area contributed by atoms with Gasteiger partial charge in [-0.25, -0.2) is 8.42 Å². The third kappa shape index (κ3) is 5.41. The first-order chi connectivity index (χ1) is 14.0. The van der Waals surface area contributed by atoms with Gasteiger partial charge < -0.3 is 19.1 Å². The summed E-state index contributed by atoms with van der Waals surface area (Å²) in [4.78, 5) is 2.41. The maximum atomic E-state index is 13.1. The van der Waals surface area contributed by atoms with Crippen LogP contribution in [0.15, 0.2) is 53.4 Å². The molecule has 1 saturated heterocycles. The summed E-state index contributed by atoms with van der Waals surface area (Å²) in [6, 6.07) is 14.6. The largest absolute Gasteiger partial charge is 0.497 e. The van der Waals surface area contributed by atoms with Crippen LogP contribution < -0.4 is 14.2 Å². The van der Waals surface area contributed by atoms with Crippen molar-refractivity contribution in [2.24, 2.45) is 0 Å². The fraction of sp³-hybridized carbons (Fsp3) is 0.429. The second-order valence-corrected chi connectivity index (χ2v) is 8.68. The fourth-order valence-electron chi connectivity index (χ4n) is 3.31. The van der Waals surface area contributed by atoms with E-state index in [1.807, 2.05) is 30.3 Å². The van der Waals surface area contributed by atoms with Gasteiger partial charge in [-0.05, 0) is 30.7 Å². The first-order valence-electron chi connectivity index (χ1n) is 9.67. The second kappa shape index (κ2) is 9.96. The van der Waals surface area contributed by atoms with Crippen molar-refractivity contribution in [3.8, 4) is 17.2 Å². The van der Waals surface area contributed by atoms with Gasteiger partial charge in [-0.1, -0.05) is 18.2 Å². The van der Waals surface area contributed by atoms with Crippen molar-refractivity contribution in [1.29, 1.82) is 0 Å². The average Bonchev–Trinajstić information content (AvgIpc) is 2.77. The zero-order valence-corrected chi connectivity index (χ0v) is 17.7. The van der Waals surface area contributed by atoms with Crippen LogP contribution in [0.5, 0.6) is 17.2 Å². The lowest BCUT2D eigenvalue weighted by Crippen LogP contribution is -2.48. The Bertz CT molecular complexity index is 881. The molecule has 1 fully saturated rings. The molecule has 0 aliphatic carbocycles. The van der Waals surface area contributed by atoms with Crippen LogP contribution in [0, 0.1) is 0 Å². The van der Waals surface area contributed by atoms with Gasteiger partial charge in [-0.3, -0.25) is 0 Å². The number of sulfonamides is 1. The third-order valence-electron chi connectivity index (χ3n) is 4.95. The van der Waals surface area contributed by atoms with Crippen LogP contribution in [-0.2, 0) is 10.0 Å². The third-order valence-corrected chi connectivity index (χ3v) is 6.87. The van der Waals surface area contributed by atoms with E-state index in [0.29, 0.717) is 44.3 Å². The molecule has 29 heavy (non-hydrogen) atoms. The molecular weight excluding hydrogens is 392 g/mol. The normalized spacial score (nSPS) is 15.8. The molecular formula is C21H28N2O5S. The monoisotopic (exact) mass is 420 g/mol. The van der Waals surface area contributed by atoms with Crippen LogP contribution in [-0.4, -0.2) is 71.2 Å². The molecule has 1 aliphatic rings. The molecule has 0 unspecified atom stereocenters. The highest BCUT2D eigenvalue weighted by atomic mass is 32.2. The summed E-state index contributed by atoms with van der Waals surface area (Å²) in [5.41, 5.74) is 0. The van der Waals surface area contributed by atoms with Crippen molar-refractivity contribution < 1.29 is 22.6 Å². The number of hydrogen-bond acceptors (Lipinski definition) is 6. The Morgan fingerprint density at radius 2 is 1.62 bits per heavy atom. The van der Waals surface area contributed by atoms with Crippen LogP contribution in [0.3, 0.4) is 0 Å². The van der Waals surface area contributed by atoms with E-state index in [1.165, 1.54) is 24.6 Å². The smallest absolute Gasteiger partial charge is 0.246 e. The lowest BCUT2D eigenvalue weighted by Gasteiger charge is -2.34. The average molecular weight is 421 g/mol. The maximum absolute atomic E-state index is 13.1. The van der Waals surface area contributed by atoms with Gasteiger partial charge in [0.25, 0.3) is 0 Å². The predicted octanol–water partition coefficient (Wildman–Crippen LogP) is 2.48.